The van der Waals surface area contributed by atoms with Gasteiger partial charge in [0.1, 0.15) is 13.2 Å². The van der Waals surface area contributed by atoms with E-state index in [1.807, 2.05) is 13.8 Å². The van der Waals surface area contributed by atoms with Crippen LogP contribution in [0.2, 0.25) is 0 Å². The van der Waals surface area contributed by atoms with Crippen molar-refractivity contribution in [1.82, 2.24) is 10.2 Å². The summed E-state index contributed by atoms with van der Waals surface area (Å²) in [6.07, 6.45) is -0.689. The lowest BCUT2D eigenvalue weighted by molar-refractivity contribution is -0.139. The fourth-order valence-electron chi connectivity index (χ4n) is 1.47. The van der Waals surface area contributed by atoms with Crippen LogP contribution in [0.3, 0.4) is 0 Å². The highest BCUT2D eigenvalue weighted by Gasteiger charge is 2.39. The Hall–Kier alpha value is -1.79. The van der Waals surface area contributed by atoms with Crippen molar-refractivity contribution in [2.75, 3.05) is 20.3 Å². The molecule has 0 aromatic carbocycles. The molecule has 0 aromatic rings. The summed E-state index contributed by atoms with van der Waals surface area (Å²) in [7, 11) is 1.22. The minimum absolute atomic E-state index is 0.0883. The molecule has 0 radical (unpaired) electrons. The molecule has 0 aliphatic carbocycles. The van der Waals surface area contributed by atoms with Crippen molar-refractivity contribution in [2.45, 2.75) is 19.9 Å². The molecule has 1 aliphatic rings. The number of imide groups is 1. The normalized spacial score (nSPS) is 19.2. The van der Waals surface area contributed by atoms with Gasteiger partial charge >= 0.3 is 18.1 Å². The van der Waals surface area contributed by atoms with Gasteiger partial charge in [-0.2, -0.15) is 0 Å². The molecule has 1 rings (SSSR count). The first-order valence-electron chi connectivity index (χ1n) is 5.28. The number of rotatable bonds is 3. The van der Waals surface area contributed by atoms with E-state index >= 15 is 0 Å². The van der Waals surface area contributed by atoms with Gasteiger partial charge in [-0.3, -0.25) is 4.79 Å². The summed E-state index contributed by atoms with van der Waals surface area (Å²) in [5, 5.41) is 2.30. The fraction of sp³-hybridized carbons (Fsp3) is 0.700. The Labute approximate surface area is 99.0 Å². The molecule has 1 heterocycles. The van der Waals surface area contributed by atoms with Crippen molar-refractivity contribution in [3.05, 3.63) is 0 Å². The number of amides is 3. The molecule has 96 valence electrons. The lowest BCUT2D eigenvalue weighted by atomic mass is 10.1. The van der Waals surface area contributed by atoms with Gasteiger partial charge in [-0.15, -0.1) is 0 Å². The standard InChI is InChI=1S/C10H16N2O5/c1-6(2)7-5-17-10(15)12(7)9(14)11-4-8(13)16-3/h6-7H,4-5H2,1-3H3,(H,11,14)/t7-/m1/s1. The van der Waals surface area contributed by atoms with E-state index in [0.29, 0.717) is 0 Å². The van der Waals surface area contributed by atoms with Crippen molar-refractivity contribution in [1.29, 1.82) is 0 Å². The zero-order chi connectivity index (χ0) is 13.0. The van der Waals surface area contributed by atoms with Crippen LogP contribution in [0.15, 0.2) is 0 Å². The first kappa shape index (κ1) is 13.3. The molecule has 7 heteroatoms. The molecule has 0 bridgehead atoms. The molecular weight excluding hydrogens is 228 g/mol. The van der Waals surface area contributed by atoms with Crippen LogP contribution in [0, 0.1) is 5.92 Å². The number of urea groups is 1. The average molecular weight is 244 g/mol. The number of hydrogen-bond acceptors (Lipinski definition) is 5. The summed E-state index contributed by atoms with van der Waals surface area (Å²) in [5.41, 5.74) is 0. The van der Waals surface area contributed by atoms with Gasteiger partial charge in [-0.25, -0.2) is 14.5 Å². The third-order valence-electron chi connectivity index (χ3n) is 2.51. The van der Waals surface area contributed by atoms with Gasteiger partial charge in [0.25, 0.3) is 0 Å². The summed E-state index contributed by atoms with van der Waals surface area (Å²) in [6, 6.07) is -0.947. The number of nitrogens with one attached hydrogen (secondary N) is 1. The zero-order valence-corrected chi connectivity index (χ0v) is 10.1. The topological polar surface area (TPSA) is 84.9 Å². The van der Waals surface area contributed by atoms with Crippen LogP contribution in [0.1, 0.15) is 13.8 Å². The summed E-state index contributed by atoms with van der Waals surface area (Å²) >= 11 is 0. The van der Waals surface area contributed by atoms with E-state index in [2.05, 4.69) is 10.1 Å². The molecule has 0 spiro atoms. The van der Waals surface area contributed by atoms with Gasteiger partial charge in [0.05, 0.1) is 13.2 Å². The smallest absolute Gasteiger partial charge is 0.418 e. The molecule has 3 amide bonds. The fourth-order valence-corrected chi connectivity index (χ4v) is 1.47. The Balaban J connectivity index is 2.59. The van der Waals surface area contributed by atoms with E-state index in [9.17, 15) is 14.4 Å². The van der Waals surface area contributed by atoms with Crippen molar-refractivity contribution in [2.24, 2.45) is 5.92 Å². The maximum atomic E-state index is 11.7. The van der Waals surface area contributed by atoms with Gasteiger partial charge in [0, 0.05) is 0 Å². The van der Waals surface area contributed by atoms with E-state index in [-0.39, 0.29) is 25.1 Å². The van der Waals surface area contributed by atoms with Gasteiger partial charge in [-0.1, -0.05) is 13.8 Å². The summed E-state index contributed by atoms with van der Waals surface area (Å²) in [5.74, 6) is -0.489. The van der Waals surface area contributed by atoms with Crippen LogP contribution in [-0.2, 0) is 14.3 Å². The number of carbonyl (C=O) groups excluding carboxylic acids is 3. The Kier molecular flexibility index (Phi) is 4.30. The molecule has 7 nitrogen and oxygen atoms in total. The van der Waals surface area contributed by atoms with Gasteiger partial charge in [0.15, 0.2) is 0 Å². The Morgan fingerprint density at radius 3 is 2.76 bits per heavy atom. The predicted molar refractivity (Wildman–Crippen MR) is 57.2 cm³/mol. The minimum atomic E-state index is -0.689. The van der Waals surface area contributed by atoms with Gasteiger partial charge in [0.2, 0.25) is 0 Å². The molecule has 1 N–H and O–H groups in total. The monoisotopic (exact) mass is 244 g/mol. The number of ether oxygens (including phenoxy) is 2. The van der Waals surface area contributed by atoms with Crippen molar-refractivity contribution < 1.29 is 23.9 Å². The highest BCUT2D eigenvalue weighted by molar-refractivity contribution is 5.93. The quantitative estimate of drug-likeness (QED) is 0.724. The number of carbonyl (C=O) groups is 3. The maximum absolute atomic E-state index is 11.7. The van der Waals surface area contributed by atoms with Crippen LogP contribution < -0.4 is 5.32 Å². The lowest BCUT2D eigenvalue weighted by Crippen LogP contribution is -2.48. The summed E-state index contributed by atoms with van der Waals surface area (Å²) in [4.78, 5) is 34.9. The van der Waals surface area contributed by atoms with Crippen LogP contribution in [0.4, 0.5) is 9.59 Å². The molecule has 0 unspecified atom stereocenters. The van der Waals surface area contributed by atoms with Crippen molar-refractivity contribution in [3.8, 4) is 0 Å². The van der Waals surface area contributed by atoms with E-state index in [4.69, 9.17) is 4.74 Å². The van der Waals surface area contributed by atoms with Crippen LogP contribution >= 0.6 is 0 Å². The number of cyclic esters (lactones) is 1. The number of nitrogens with zero attached hydrogens (tertiary/aromatic N) is 1. The second-order valence-electron chi connectivity index (χ2n) is 3.99. The first-order chi connectivity index (χ1) is 7.97. The number of hydrogen-bond donors (Lipinski definition) is 1. The lowest BCUT2D eigenvalue weighted by Gasteiger charge is -2.22. The van der Waals surface area contributed by atoms with Crippen LogP contribution in [-0.4, -0.2) is 49.3 Å². The summed E-state index contributed by atoms with van der Waals surface area (Å²) in [6.45, 7) is 3.67. The number of methoxy groups -OCH3 is 1. The largest absolute Gasteiger partial charge is 0.468 e. The Morgan fingerprint density at radius 2 is 2.24 bits per heavy atom. The zero-order valence-electron chi connectivity index (χ0n) is 10.1. The third kappa shape index (κ3) is 3.08. The second-order valence-corrected chi connectivity index (χ2v) is 3.99. The van der Waals surface area contributed by atoms with Crippen LogP contribution in [0.25, 0.3) is 0 Å². The van der Waals surface area contributed by atoms with Crippen molar-refractivity contribution >= 4 is 18.1 Å². The number of esters is 1. The van der Waals surface area contributed by atoms with Crippen LogP contribution in [0.5, 0.6) is 0 Å². The van der Waals surface area contributed by atoms with E-state index in [1.165, 1.54) is 7.11 Å². The van der Waals surface area contributed by atoms with E-state index in [1.54, 1.807) is 0 Å². The maximum Gasteiger partial charge on any atom is 0.418 e. The minimum Gasteiger partial charge on any atom is -0.468 e. The molecule has 17 heavy (non-hydrogen) atoms. The van der Waals surface area contributed by atoms with E-state index in [0.717, 1.165) is 4.90 Å². The predicted octanol–water partition coefficient (Wildman–Crippen LogP) is 0.346. The highest BCUT2D eigenvalue weighted by Crippen LogP contribution is 2.19. The molecule has 0 saturated carbocycles. The average Bonchev–Trinajstić information content (AvgIpc) is 2.67. The highest BCUT2D eigenvalue weighted by atomic mass is 16.6. The van der Waals surface area contributed by atoms with Crippen molar-refractivity contribution in [3.63, 3.8) is 0 Å². The third-order valence-corrected chi connectivity index (χ3v) is 2.51. The molecule has 1 aliphatic heterocycles. The molecule has 0 aromatic heterocycles. The molecule has 1 saturated heterocycles. The molecular formula is C10H16N2O5. The second kappa shape index (κ2) is 5.51. The Bertz CT molecular complexity index is 329. The molecule has 1 fully saturated rings. The first-order valence-corrected chi connectivity index (χ1v) is 5.28. The Morgan fingerprint density at radius 1 is 1.59 bits per heavy atom. The summed E-state index contributed by atoms with van der Waals surface area (Å²) < 4.78 is 9.18. The van der Waals surface area contributed by atoms with Gasteiger partial charge in [-0.05, 0) is 5.92 Å². The molecule has 1 atom stereocenters. The van der Waals surface area contributed by atoms with E-state index < -0.39 is 18.1 Å². The van der Waals surface area contributed by atoms with Gasteiger partial charge < -0.3 is 14.8 Å². The SMILES string of the molecule is COC(=O)CNC(=O)N1C(=O)OC[C@@H]1C(C)C.